The highest BCUT2D eigenvalue weighted by atomic mass is 35.5. The van der Waals surface area contributed by atoms with Crippen LogP contribution in [0.5, 0.6) is 0 Å². The Balaban J connectivity index is 0.000000251. The quantitative estimate of drug-likeness (QED) is 0.104. The van der Waals surface area contributed by atoms with E-state index in [1.54, 1.807) is 0 Å². The Bertz CT molecular complexity index is 2690. The lowest BCUT2D eigenvalue weighted by Gasteiger charge is -2.25. The van der Waals surface area contributed by atoms with E-state index < -0.39 is 112 Å². The molecule has 25 heteroatoms. The van der Waals surface area contributed by atoms with E-state index in [9.17, 15) is 67.5 Å². The number of ether oxygens (including phenoxy) is 3. The molecule has 356 valence electrons. The summed E-state index contributed by atoms with van der Waals surface area (Å²) in [6, 6.07) is 9.78. The molecule has 0 bridgehead atoms. The predicted molar refractivity (Wildman–Crippen MR) is 221 cm³/mol. The van der Waals surface area contributed by atoms with Gasteiger partial charge in [-0.05, 0) is 67.4 Å². The lowest BCUT2D eigenvalue weighted by molar-refractivity contribution is -0.148. The maximum Gasteiger partial charge on any atom is 0.302 e. The number of carbonyl (C=O) groups is 4. The molecule has 4 aromatic carbocycles. The molecule has 2 fully saturated rings. The molecule has 2 heterocycles. The second-order valence-corrected chi connectivity index (χ2v) is 18.8. The van der Waals surface area contributed by atoms with Crippen molar-refractivity contribution in [3.63, 3.8) is 0 Å². The van der Waals surface area contributed by atoms with Gasteiger partial charge in [0.1, 0.15) is 39.5 Å². The van der Waals surface area contributed by atoms with Crippen LogP contribution in [0.1, 0.15) is 47.4 Å². The van der Waals surface area contributed by atoms with E-state index in [1.807, 2.05) is 0 Å². The molecule has 16 nitrogen and oxygen atoms in total. The van der Waals surface area contributed by atoms with Crippen LogP contribution < -0.4 is 10.6 Å². The van der Waals surface area contributed by atoms with Crippen LogP contribution in [0.25, 0.3) is 0 Å². The Hall–Kier alpha value is -5.63. The van der Waals surface area contributed by atoms with Gasteiger partial charge in [-0.25, -0.2) is 43.2 Å². The molecule has 0 aromatic heterocycles. The minimum Gasteiger partial charge on any atom is -0.461 e. The van der Waals surface area contributed by atoms with Crippen LogP contribution >= 0.6 is 11.6 Å². The number of benzene rings is 4. The monoisotopic (exact) mass is 992 g/mol. The Morgan fingerprint density at radius 1 is 0.652 bits per heavy atom. The number of aliphatic hydroxyl groups excluding tert-OH is 1. The molecule has 1 unspecified atom stereocenters. The smallest absolute Gasteiger partial charge is 0.302 e. The molecule has 2 amide bonds. The largest absolute Gasteiger partial charge is 0.461 e. The lowest BCUT2D eigenvalue weighted by Crippen LogP contribution is -2.41. The minimum atomic E-state index is -4.57. The van der Waals surface area contributed by atoms with Gasteiger partial charge >= 0.3 is 11.9 Å². The van der Waals surface area contributed by atoms with Crippen molar-refractivity contribution < 1.29 is 81.7 Å². The second kappa shape index (κ2) is 21.8. The van der Waals surface area contributed by atoms with E-state index in [1.165, 1.54) is 19.9 Å². The standard InChI is InChI=1S/C23H23ClF2N2O7S.C18H16F4N2O5S/c1-13(29)34-17-5-6-18(35-14(2)30)12-28(11-17)36(32,33)22-9-15(3-7-21(22)26)23(31)27-16-4-8-20(25)19(24)10-16;19-13-2-1-10(18(26)23-11-6-14(20)17(22)15(21)7-11)5-16(13)30(27,28)24-3-4-29-9-12(25)8-24/h3-4,7-10,17-18H,5-6,11-12H2,1-2H3,(H,27,31);1-2,5-7,12,25H,3-4,8-9H2,(H,23,26)/t17-,18+;. The number of hydrogen-bond donors (Lipinski definition) is 3. The normalized spacial score (nSPS) is 18.4. The molecule has 3 N–H and O–H groups in total. The molecular weight excluding hydrogens is 954 g/mol. The highest BCUT2D eigenvalue weighted by molar-refractivity contribution is 7.89. The van der Waals surface area contributed by atoms with Gasteiger partial charge in [0.05, 0.1) is 37.4 Å². The van der Waals surface area contributed by atoms with Crippen molar-refractivity contribution in [3.8, 4) is 0 Å². The molecule has 2 aliphatic heterocycles. The van der Waals surface area contributed by atoms with E-state index in [2.05, 4.69) is 10.6 Å². The van der Waals surface area contributed by atoms with Crippen molar-refractivity contribution in [1.82, 2.24) is 8.61 Å². The topological polar surface area (TPSA) is 215 Å². The summed E-state index contributed by atoms with van der Waals surface area (Å²) in [5, 5.41) is 14.0. The number of carbonyl (C=O) groups excluding carboxylic acids is 4. The van der Waals surface area contributed by atoms with E-state index in [0.29, 0.717) is 12.1 Å². The second-order valence-electron chi connectivity index (χ2n) is 14.5. The number of halogens is 7. The average Bonchev–Trinajstić information content (AvgIpc) is 3.59. The van der Waals surface area contributed by atoms with Crippen molar-refractivity contribution in [1.29, 1.82) is 0 Å². The van der Waals surface area contributed by atoms with Crippen LogP contribution in [0.2, 0.25) is 5.02 Å². The van der Waals surface area contributed by atoms with Crippen molar-refractivity contribution in [3.05, 3.63) is 118 Å². The van der Waals surface area contributed by atoms with Crippen molar-refractivity contribution in [2.45, 2.75) is 54.8 Å². The van der Waals surface area contributed by atoms with E-state index in [0.717, 1.165) is 57.1 Å². The number of nitrogens with one attached hydrogen (secondary N) is 2. The van der Waals surface area contributed by atoms with Crippen LogP contribution in [0.15, 0.2) is 76.5 Å². The average molecular weight is 993 g/mol. The summed E-state index contributed by atoms with van der Waals surface area (Å²) in [6.45, 7) is 1.18. The molecule has 6 rings (SSSR count). The third kappa shape index (κ3) is 13.0. The molecule has 2 saturated heterocycles. The Morgan fingerprint density at radius 2 is 1.12 bits per heavy atom. The highest BCUT2D eigenvalue weighted by Crippen LogP contribution is 2.28. The minimum absolute atomic E-state index is 0.0141. The number of anilines is 2. The maximum absolute atomic E-state index is 14.8. The zero-order valence-electron chi connectivity index (χ0n) is 34.5. The van der Waals surface area contributed by atoms with Crippen molar-refractivity contribution in [2.75, 3.05) is 50.0 Å². The Morgan fingerprint density at radius 3 is 1.61 bits per heavy atom. The molecule has 66 heavy (non-hydrogen) atoms. The summed E-state index contributed by atoms with van der Waals surface area (Å²) in [7, 11) is -9.00. The third-order valence-electron chi connectivity index (χ3n) is 9.54. The highest BCUT2D eigenvalue weighted by Gasteiger charge is 2.37. The van der Waals surface area contributed by atoms with E-state index in [-0.39, 0.29) is 74.1 Å². The van der Waals surface area contributed by atoms with E-state index in [4.69, 9.17) is 25.8 Å². The van der Waals surface area contributed by atoms with Gasteiger partial charge in [0.25, 0.3) is 11.8 Å². The summed E-state index contributed by atoms with van der Waals surface area (Å²) < 4.78 is 152. The SMILES string of the molecule is CC(=O)O[C@@H]1CC[C@H](OC(C)=O)CN(S(=O)(=O)c2cc(C(=O)Nc3ccc(F)c(Cl)c3)ccc2F)C1.O=C(Nc1cc(F)c(F)c(F)c1)c1ccc(F)c(S(=O)(=O)N2CCOCC(O)C2)c1. The third-order valence-corrected chi connectivity index (χ3v) is 13.6. The molecule has 2 aliphatic rings. The molecule has 3 atom stereocenters. The molecule has 0 saturated carbocycles. The van der Waals surface area contributed by atoms with Crippen LogP contribution in [0.3, 0.4) is 0 Å². The lowest BCUT2D eigenvalue weighted by atomic mass is 10.1. The molecular formula is C41H39ClF6N4O12S2. The number of hydrogen-bond acceptors (Lipinski definition) is 12. The van der Waals surface area contributed by atoms with Gasteiger partial charge in [-0.2, -0.15) is 8.61 Å². The fourth-order valence-electron chi connectivity index (χ4n) is 6.50. The summed E-state index contributed by atoms with van der Waals surface area (Å²) in [5.74, 6) is -10.8. The van der Waals surface area contributed by atoms with Gasteiger partial charge in [0.15, 0.2) is 17.5 Å². The van der Waals surface area contributed by atoms with Crippen LogP contribution in [0, 0.1) is 34.9 Å². The first-order valence-electron chi connectivity index (χ1n) is 19.4. The maximum atomic E-state index is 14.8. The Labute approximate surface area is 378 Å². The van der Waals surface area contributed by atoms with Gasteiger partial charge in [-0.3, -0.25) is 19.2 Å². The predicted octanol–water partition coefficient (Wildman–Crippen LogP) is 5.40. The molecule has 0 spiro atoms. The molecule has 0 radical (unpaired) electrons. The zero-order valence-corrected chi connectivity index (χ0v) is 36.9. The van der Waals surface area contributed by atoms with Crippen molar-refractivity contribution >= 4 is 66.8 Å². The first-order valence-corrected chi connectivity index (χ1v) is 22.6. The van der Waals surface area contributed by atoms with Gasteiger partial charge in [-0.15, -0.1) is 0 Å². The molecule has 0 aliphatic carbocycles. The number of aliphatic hydroxyl groups is 1. The van der Waals surface area contributed by atoms with Gasteiger partial charge < -0.3 is 30.0 Å². The summed E-state index contributed by atoms with van der Waals surface area (Å²) >= 11 is 5.71. The fourth-order valence-corrected chi connectivity index (χ4v) is 9.82. The molecule has 4 aromatic rings. The number of β-amino-alcohol motifs (C(OH)–C–C–N with tert-alkyl or cyclic N) is 1. The van der Waals surface area contributed by atoms with E-state index >= 15 is 0 Å². The van der Waals surface area contributed by atoms with Gasteiger partial charge in [-0.1, -0.05) is 11.6 Å². The first kappa shape index (κ1) is 51.4. The Kier molecular flexibility index (Phi) is 16.9. The summed E-state index contributed by atoms with van der Waals surface area (Å²) in [6.07, 6.45) is -2.38. The van der Waals surface area contributed by atoms with Crippen molar-refractivity contribution in [2.24, 2.45) is 0 Å². The summed E-state index contributed by atoms with van der Waals surface area (Å²) in [4.78, 5) is 46.4. The van der Waals surface area contributed by atoms with Crippen LogP contribution in [0.4, 0.5) is 37.7 Å². The van der Waals surface area contributed by atoms with Gasteiger partial charge in [0, 0.05) is 61.6 Å². The van der Waals surface area contributed by atoms with Crippen LogP contribution in [-0.2, 0) is 43.8 Å². The fraction of sp³-hybridized carbons (Fsp3) is 0.317. The number of sulfonamides is 2. The first-order chi connectivity index (χ1) is 31.0. The van der Waals surface area contributed by atoms with Gasteiger partial charge in [0.2, 0.25) is 20.0 Å². The number of amides is 2. The number of nitrogens with zero attached hydrogens (tertiary/aromatic N) is 2. The number of esters is 2. The number of rotatable bonds is 10. The zero-order chi connectivity index (χ0) is 48.7. The summed E-state index contributed by atoms with van der Waals surface area (Å²) in [5.41, 5.74) is -0.802. The van der Waals surface area contributed by atoms with Crippen LogP contribution in [-0.4, -0.2) is 112 Å².